The molecule has 2 heterocycles. The lowest BCUT2D eigenvalue weighted by Crippen LogP contribution is -2.12. The Hall–Kier alpha value is 0.140. The second-order valence-electron chi connectivity index (χ2n) is 3.22. The van der Waals surface area contributed by atoms with Gasteiger partial charge in [-0.2, -0.15) is 0 Å². The molecular formula is C9H12BrNS. The van der Waals surface area contributed by atoms with E-state index in [2.05, 4.69) is 33.6 Å². The van der Waals surface area contributed by atoms with Crippen LogP contribution in [0, 0.1) is 6.92 Å². The molecule has 0 radical (unpaired) electrons. The summed E-state index contributed by atoms with van der Waals surface area (Å²) in [7, 11) is 0. The van der Waals surface area contributed by atoms with Crippen LogP contribution in [-0.4, -0.2) is 6.54 Å². The van der Waals surface area contributed by atoms with Crippen molar-refractivity contribution in [1.82, 2.24) is 5.32 Å². The molecule has 3 heteroatoms. The van der Waals surface area contributed by atoms with Gasteiger partial charge in [-0.3, -0.25) is 0 Å². The van der Waals surface area contributed by atoms with Crippen LogP contribution in [0.2, 0.25) is 0 Å². The summed E-state index contributed by atoms with van der Waals surface area (Å²) in [5.41, 5.74) is 1.42. The smallest absolute Gasteiger partial charge is 0.0418 e. The van der Waals surface area contributed by atoms with E-state index < -0.39 is 0 Å². The Labute approximate surface area is 85.3 Å². The lowest BCUT2D eigenvalue weighted by Gasteiger charge is -2.08. The number of thiophene rings is 1. The van der Waals surface area contributed by atoms with E-state index >= 15 is 0 Å². The van der Waals surface area contributed by atoms with Gasteiger partial charge in [0.15, 0.2) is 0 Å². The molecular weight excluding hydrogens is 234 g/mol. The molecule has 0 aromatic carbocycles. The monoisotopic (exact) mass is 245 g/mol. The second-order valence-corrected chi connectivity index (χ2v) is 4.99. The average Bonchev–Trinajstić information content (AvgIpc) is 2.64. The Bertz CT molecular complexity index is 276. The van der Waals surface area contributed by atoms with Gasteiger partial charge in [0.1, 0.15) is 0 Å². The number of rotatable bonds is 1. The maximum Gasteiger partial charge on any atom is 0.0418 e. The Morgan fingerprint density at radius 3 is 3.00 bits per heavy atom. The average molecular weight is 246 g/mol. The van der Waals surface area contributed by atoms with E-state index in [0.29, 0.717) is 6.04 Å². The Morgan fingerprint density at radius 1 is 1.67 bits per heavy atom. The summed E-state index contributed by atoms with van der Waals surface area (Å²) in [5, 5.41) is 5.70. The van der Waals surface area contributed by atoms with Gasteiger partial charge >= 0.3 is 0 Å². The van der Waals surface area contributed by atoms with E-state index in [1.54, 1.807) is 0 Å². The quantitative estimate of drug-likeness (QED) is 0.802. The van der Waals surface area contributed by atoms with Crippen LogP contribution in [0.4, 0.5) is 0 Å². The topological polar surface area (TPSA) is 12.0 Å². The third-order valence-corrected chi connectivity index (χ3v) is 4.72. The van der Waals surface area contributed by atoms with Gasteiger partial charge in [-0.25, -0.2) is 0 Å². The molecule has 1 N–H and O–H groups in total. The molecule has 2 rings (SSSR count). The summed E-state index contributed by atoms with van der Waals surface area (Å²) < 4.78 is 1.26. The Kier molecular flexibility index (Phi) is 2.53. The molecule has 1 aromatic heterocycles. The molecule has 1 aliphatic heterocycles. The number of nitrogens with one attached hydrogen (secondary N) is 1. The van der Waals surface area contributed by atoms with Crippen LogP contribution < -0.4 is 5.32 Å². The van der Waals surface area contributed by atoms with Crippen molar-refractivity contribution in [2.24, 2.45) is 0 Å². The Morgan fingerprint density at radius 2 is 2.50 bits per heavy atom. The molecule has 1 aliphatic rings. The number of hydrogen-bond acceptors (Lipinski definition) is 2. The standard InChI is InChI=1S/C9H12BrNS/c1-6-7(10)5-12-9(6)8-3-2-4-11-8/h5,8,11H,2-4H2,1H3. The van der Waals surface area contributed by atoms with Crippen LogP contribution in [0.15, 0.2) is 9.85 Å². The number of hydrogen-bond donors (Lipinski definition) is 1. The normalized spacial score (nSPS) is 23.3. The fourth-order valence-corrected chi connectivity index (χ4v) is 3.35. The lowest BCUT2D eigenvalue weighted by molar-refractivity contribution is 0.656. The van der Waals surface area contributed by atoms with Gasteiger partial charge < -0.3 is 5.32 Å². The highest BCUT2D eigenvalue weighted by atomic mass is 79.9. The van der Waals surface area contributed by atoms with Gasteiger partial charge in [-0.05, 0) is 47.8 Å². The minimum Gasteiger partial charge on any atom is -0.309 e. The summed E-state index contributed by atoms with van der Waals surface area (Å²) in [6.45, 7) is 3.37. The van der Waals surface area contributed by atoms with Crippen LogP contribution in [0.3, 0.4) is 0 Å². The minimum atomic E-state index is 0.626. The summed E-state index contributed by atoms with van der Waals surface area (Å²) in [6.07, 6.45) is 2.62. The van der Waals surface area contributed by atoms with E-state index in [0.717, 1.165) is 0 Å². The van der Waals surface area contributed by atoms with Crippen molar-refractivity contribution >= 4 is 27.3 Å². The second kappa shape index (κ2) is 3.48. The summed E-state index contributed by atoms with van der Waals surface area (Å²) in [5.74, 6) is 0. The van der Waals surface area contributed by atoms with Crippen molar-refractivity contribution in [3.63, 3.8) is 0 Å². The van der Waals surface area contributed by atoms with Gasteiger partial charge in [0.05, 0.1) is 0 Å². The summed E-state index contributed by atoms with van der Waals surface area (Å²) in [4.78, 5) is 1.51. The summed E-state index contributed by atoms with van der Waals surface area (Å²) in [6, 6.07) is 0.626. The molecule has 1 atom stereocenters. The first kappa shape index (κ1) is 8.73. The van der Waals surface area contributed by atoms with Gasteiger partial charge in [0.2, 0.25) is 0 Å². The molecule has 1 fully saturated rings. The lowest BCUT2D eigenvalue weighted by atomic mass is 10.1. The highest BCUT2D eigenvalue weighted by Crippen LogP contribution is 2.34. The van der Waals surface area contributed by atoms with Crippen molar-refractivity contribution in [3.8, 4) is 0 Å². The zero-order valence-corrected chi connectivity index (χ0v) is 9.46. The highest BCUT2D eigenvalue weighted by Gasteiger charge is 2.20. The molecule has 1 aromatic rings. The molecule has 12 heavy (non-hydrogen) atoms. The van der Waals surface area contributed by atoms with Gasteiger partial charge in [-0.15, -0.1) is 11.3 Å². The van der Waals surface area contributed by atoms with Gasteiger partial charge in [0.25, 0.3) is 0 Å². The third-order valence-electron chi connectivity index (χ3n) is 2.39. The molecule has 0 amide bonds. The molecule has 0 saturated carbocycles. The fraction of sp³-hybridized carbons (Fsp3) is 0.556. The molecule has 0 spiro atoms. The maximum absolute atomic E-state index is 3.55. The predicted octanol–water partition coefficient (Wildman–Crippen LogP) is 3.24. The van der Waals surface area contributed by atoms with Crippen molar-refractivity contribution in [2.45, 2.75) is 25.8 Å². The van der Waals surface area contributed by atoms with E-state index in [1.165, 1.54) is 34.3 Å². The van der Waals surface area contributed by atoms with Crippen molar-refractivity contribution in [2.75, 3.05) is 6.54 Å². The van der Waals surface area contributed by atoms with Crippen LogP contribution in [0.1, 0.15) is 29.3 Å². The van der Waals surface area contributed by atoms with Crippen LogP contribution >= 0.6 is 27.3 Å². The van der Waals surface area contributed by atoms with Gasteiger partial charge in [0, 0.05) is 20.8 Å². The first-order valence-corrected chi connectivity index (χ1v) is 5.93. The van der Waals surface area contributed by atoms with Crippen molar-refractivity contribution < 1.29 is 0 Å². The van der Waals surface area contributed by atoms with Crippen LogP contribution in [0.25, 0.3) is 0 Å². The largest absolute Gasteiger partial charge is 0.309 e. The van der Waals surface area contributed by atoms with E-state index in [-0.39, 0.29) is 0 Å². The fourth-order valence-electron chi connectivity index (χ4n) is 1.66. The number of halogens is 1. The van der Waals surface area contributed by atoms with E-state index in [9.17, 15) is 0 Å². The first-order chi connectivity index (χ1) is 5.79. The van der Waals surface area contributed by atoms with Gasteiger partial charge in [-0.1, -0.05) is 0 Å². The molecule has 1 saturated heterocycles. The third kappa shape index (κ3) is 1.45. The SMILES string of the molecule is Cc1c(Br)csc1C1CCCN1. The molecule has 1 nitrogen and oxygen atoms in total. The molecule has 66 valence electrons. The van der Waals surface area contributed by atoms with E-state index in [1.807, 2.05) is 11.3 Å². The highest BCUT2D eigenvalue weighted by molar-refractivity contribution is 9.10. The predicted molar refractivity (Wildman–Crippen MR) is 56.7 cm³/mol. The molecule has 0 bridgehead atoms. The van der Waals surface area contributed by atoms with Crippen LogP contribution in [-0.2, 0) is 0 Å². The maximum atomic E-state index is 3.55. The molecule has 1 unspecified atom stereocenters. The minimum absolute atomic E-state index is 0.626. The summed E-state index contributed by atoms with van der Waals surface area (Å²) >= 11 is 5.41. The molecule has 0 aliphatic carbocycles. The zero-order chi connectivity index (χ0) is 8.55. The van der Waals surface area contributed by atoms with Crippen LogP contribution in [0.5, 0.6) is 0 Å². The first-order valence-electron chi connectivity index (χ1n) is 4.26. The van der Waals surface area contributed by atoms with E-state index in [4.69, 9.17) is 0 Å². The van der Waals surface area contributed by atoms with Crippen molar-refractivity contribution in [1.29, 1.82) is 0 Å². The van der Waals surface area contributed by atoms with Crippen molar-refractivity contribution in [3.05, 3.63) is 20.3 Å². The Balaban J connectivity index is 2.26. The zero-order valence-electron chi connectivity index (χ0n) is 7.06.